The Kier molecular flexibility index (Phi) is 4.20. The van der Waals surface area contributed by atoms with Crippen molar-refractivity contribution in [3.05, 3.63) is 34.9 Å². The number of aliphatic carboxylic acids is 1. The number of rotatable bonds is 3. The molecule has 0 spiro atoms. The van der Waals surface area contributed by atoms with Crippen molar-refractivity contribution in [1.82, 2.24) is 9.47 Å². The number of likely N-dealkylation sites (tertiary alicyclic amines) is 1. The molecule has 1 amide bonds. The maximum Gasteiger partial charge on any atom is 0.308 e. The van der Waals surface area contributed by atoms with Crippen LogP contribution in [0.3, 0.4) is 0 Å². The number of halogens is 1. The second-order valence-corrected chi connectivity index (χ2v) is 6.49. The average Bonchev–Trinajstić information content (AvgIpc) is 2.92. The average molecular weight is 365 g/mol. The lowest BCUT2D eigenvalue weighted by molar-refractivity contribution is -0.145. The van der Waals surface area contributed by atoms with E-state index in [1.807, 2.05) is 35.0 Å². The monoisotopic (exact) mass is 364 g/mol. The van der Waals surface area contributed by atoms with E-state index in [9.17, 15) is 9.59 Å². The molecule has 116 valence electrons. The zero-order chi connectivity index (χ0) is 15.7. The lowest BCUT2D eigenvalue weighted by atomic mass is 9.98. The summed E-state index contributed by atoms with van der Waals surface area (Å²) in [5.74, 6) is -1.27. The number of amides is 1. The minimum Gasteiger partial charge on any atom is -0.481 e. The van der Waals surface area contributed by atoms with E-state index in [-0.39, 0.29) is 12.5 Å². The fourth-order valence-electron chi connectivity index (χ4n) is 2.97. The van der Waals surface area contributed by atoms with Gasteiger partial charge < -0.3 is 14.6 Å². The minimum absolute atomic E-state index is 0.0246. The first kappa shape index (κ1) is 15.1. The van der Waals surface area contributed by atoms with E-state index in [4.69, 9.17) is 5.11 Å². The van der Waals surface area contributed by atoms with Gasteiger partial charge in [-0.15, -0.1) is 0 Å². The Morgan fingerprint density at radius 3 is 2.91 bits per heavy atom. The molecule has 22 heavy (non-hydrogen) atoms. The molecule has 2 aromatic rings. The van der Waals surface area contributed by atoms with E-state index in [2.05, 4.69) is 15.9 Å². The number of piperidine rings is 1. The maximum atomic E-state index is 12.5. The smallest absolute Gasteiger partial charge is 0.308 e. The molecular weight excluding hydrogens is 348 g/mol. The molecule has 1 atom stereocenters. The molecule has 1 aromatic carbocycles. The summed E-state index contributed by atoms with van der Waals surface area (Å²) in [4.78, 5) is 25.2. The van der Waals surface area contributed by atoms with Crippen LogP contribution in [0.2, 0.25) is 0 Å². The highest BCUT2D eigenvalue weighted by Gasteiger charge is 2.28. The lowest BCUT2D eigenvalue weighted by Gasteiger charge is -2.30. The van der Waals surface area contributed by atoms with Crippen molar-refractivity contribution in [2.45, 2.75) is 19.4 Å². The zero-order valence-electron chi connectivity index (χ0n) is 12.0. The molecule has 1 aliphatic rings. The van der Waals surface area contributed by atoms with Crippen molar-refractivity contribution < 1.29 is 14.7 Å². The van der Waals surface area contributed by atoms with Crippen LogP contribution in [0, 0.1) is 5.92 Å². The van der Waals surface area contributed by atoms with Crippen LogP contribution in [0.25, 0.3) is 10.9 Å². The van der Waals surface area contributed by atoms with Crippen molar-refractivity contribution in [2.24, 2.45) is 5.92 Å². The van der Waals surface area contributed by atoms with Crippen molar-refractivity contribution >= 4 is 38.7 Å². The number of fused-ring (bicyclic) bond motifs is 1. The van der Waals surface area contributed by atoms with Gasteiger partial charge in [-0.05, 0) is 31.0 Å². The van der Waals surface area contributed by atoms with Gasteiger partial charge in [0.1, 0.15) is 6.54 Å². The van der Waals surface area contributed by atoms with Crippen molar-refractivity contribution in [2.75, 3.05) is 13.1 Å². The molecule has 1 fully saturated rings. The van der Waals surface area contributed by atoms with E-state index in [1.54, 1.807) is 4.90 Å². The fraction of sp³-hybridized carbons (Fsp3) is 0.375. The molecule has 0 bridgehead atoms. The summed E-state index contributed by atoms with van der Waals surface area (Å²) < 4.78 is 2.91. The predicted molar refractivity (Wildman–Crippen MR) is 86.6 cm³/mol. The number of carboxylic acid groups (broad SMARTS) is 1. The van der Waals surface area contributed by atoms with Gasteiger partial charge in [0.25, 0.3) is 0 Å². The molecule has 0 radical (unpaired) electrons. The summed E-state index contributed by atoms with van der Waals surface area (Å²) in [6.07, 6.45) is 3.30. The number of carboxylic acids is 1. The van der Waals surface area contributed by atoms with E-state index in [0.717, 1.165) is 21.8 Å². The van der Waals surface area contributed by atoms with Crippen LogP contribution in [-0.2, 0) is 16.1 Å². The number of aromatic nitrogens is 1. The summed E-state index contributed by atoms with van der Waals surface area (Å²) >= 11 is 3.50. The molecule has 0 unspecified atom stereocenters. The Morgan fingerprint density at radius 1 is 1.32 bits per heavy atom. The van der Waals surface area contributed by atoms with Crippen LogP contribution < -0.4 is 0 Å². The summed E-state index contributed by atoms with van der Waals surface area (Å²) in [5, 5.41) is 10.2. The number of carbonyl (C=O) groups excluding carboxylic acids is 1. The van der Waals surface area contributed by atoms with Crippen LogP contribution in [0.1, 0.15) is 12.8 Å². The third-order valence-electron chi connectivity index (χ3n) is 4.19. The van der Waals surface area contributed by atoms with Gasteiger partial charge in [0.05, 0.1) is 5.92 Å². The largest absolute Gasteiger partial charge is 0.481 e. The normalized spacial score (nSPS) is 18.6. The highest BCUT2D eigenvalue weighted by molar-refractivity contribution is 9.10. The van der Waals surface area contributed by atoms with Crippen LogP contribution in [-0.4, -0.2) is 39.5 Å². The topological polar surface area (TPSA) is 62.5 Å². The Bertz CT molecular complexity index is 725. The van der Waals surface area contributed by atoms with Gasteiger partial charge in [-0.1, -0.05) is 22.0 Å². The summed E-state index contributed by atoms with van der Waals surface area (Å²) in [6.45, 7) is 1.20. The molecule has 6 heteroatoms. The van der Waals surface area contributed by atoms with E-state index in [0.29, 0.717) is 19.5 Å². The molecule has 0 aliphatic carbocycles. The predicted octanol–water partition coefficient (Wildman–Crippen LogP) is 2.73. The molecule has 2 heterocycles. The van der Waals surface area contributed by atoms with Gasteiger partial charge in [-0.2, -0.15) is 0 Å². The van der Waals surface area contributed by atoms with Gasteiger partial charge in [0, 0.05) is 34.7 Å². The van der Waals surface area contributed by atoms with Gasteiger partial charge >= 0.3 is 5.97 Å². The summed E-state index contributed by atoms with van der Waals surface area (Å²) in [6, 6.07) is 7.86. The Labute approximate surface area is 136 Å². The highest BCUT2D eigenvalue weighted by Crippen LogP contribution is 2.25. The molecular formula is C16H17BrN2O3. The van der Waals surface area contributed by atoms with E-state index < -0.39 is 11.9 Å². The summed E-state index contributed by atoms with van der Waals surface area (Å²) in [7, 11) is 0. The first-order chi connectivity index (χ1) is 10.6. The second kappa shape index (κ2) is 6.12. The maximum absolute atomic E-state index is 12.5. The van der Waals surface area contributed by atoms with Gasteiger partial charge in [-0.3, -0.25) is 9.59 Å². The van der Waals surface area contributed by atoms with E-state index in [1.165, 1.54) is 0 Å². The van der Waals surface area contributed by atoms with Crippen molar-refractivity contribution in [3.8, 4) is 0 Å². The third kappa shape index (κ3) is 2.88. The third-order valence-corrected chi connectivity index (χ3v) is 4.88. The number of benzene rings is 1. The molecule has 1 N–H and O–H groups in total. The SMILES string of the molecule is O=C(O)[C@H]1CCCN(C(=O)Cn2ccc3c(Br)cccc32)C1. The van der Waals surface area contributed by atoms with Crippen LogP contribution in [0.5, 0.6) is 0 Å². The quantitative estimate of drug-likeness (QED) is 0.910. The lowest BCUT2D eigenvalue weighted by Crippen LogP contribution is -2.43. The Morgan fingerprint density at radius 2 is 2.14 bits per heavy atom. The van der Waals surface area contributed by atoms with Crippen LogP contribution >= 0.6 is 15.9 Å². The molecule has 0 saturated carbocycles. The molecule has 3 rings (SSSR count). The Hall–Kier alpha value is -1.82. The Balaban J connectivity index is 1.76. The second-order valence-electron chi connectivity index (χ2n) is 5.63. The van der Waals surface area contributed by atoms with Gasteiger partial charge in [0.2, 0.25) is 5.91 Å². The van der Waals surface area contributed by atoms with Crippen LogP contribution in [0.15, 0.2) is 34.9 Å². The standard InChI is InChI=1S/C16H17BrN2O3/c17-13-4-1-5-14-12(13)6-8-18(14)10-15(20)19-7-2-3-11(9-19)16(21)22/h1,4-6,8,11H,2-3,7,9-10H2,(H,21,22)/t11-/m0/s1. The number of carbonyl (C=O) groups is 2. The van der Waals surface area contributed by atoms with Crippen molar-refractivity contribution in [1.29, 1.82) is 0 Å². The zero-order valence-corrected chi connectivity index (χ0v) is 13.6. The fourth-order valence-corrected chi connectivity index (χ4v) is 3.46. The minimum atomic E-state index is -0.812. The number of nitrogens with zero attached hydrogens (tertiary/aromatic N) is 2. The first-order valence-corrected chi connectivity index (χ1v) is 8.09. The van der Waals surface area contributed by atoms with Crippen molar-refractivity contribution in [3.63, 3.8) is 0 Å². The first-order valence-electron chi connectivity index (χ1n) is 7.30. The molecule has 1 aromatic heterocycles. The highest BCUT2D eigenvalue weighted by atomic mass is 79.9. The molecule has 1 aliphatic heterocycles. The number of hydrogen-bond acceptors (Lipinski definition) is 2. The summed E-state index contributed by atoms with van der Waals surface area (Å²) in [5.41, 5.74) is 0.995. The molecule has 5 nitrogen and oxygen atoms in total. The van der Waals surface area contributed by atoms with Gasteiger partial charge in [0.15, 0.2) is 0 Å². The number of hydrogen-bond donors (Lipinski definition) is 1. The molecule has 1 saturated heterocycles. The van der Waals surface area contributed by atoms with Crippen LogP contribution in [0.4, 0.5) is 0 Å². The van der Waals surface area contributed by atoms with Gasteiger partial charge in [-0.25, -0.2) is 0 Å². The van der Waals surface area contributed by atoms with E-state index >= 15 is 0 Å².